The molecule has 2 aliphatic rings. The van der Waals surface area contributed by atoms with Crippen LogP contribution in [0.25, 0.3) is 33.0 Å². The molecule has 6 rings (SSSR count). The van der Waals surface area contributed by atoms with Gasteiger partial charge in [0, 0.05) is 0 Å². The van der Waals surface area contributed by atoms with Crippen LogP contribution in [0, 0.1) is 0 Å². The van der Waals surface area contributed by atoms with Gasteiger partial charge in [-0.3, -0.25) is 0 Å². The van der Waals surface area contributed by atoms with Crippen molar-refractivity contribution >= 4 is 10.8 Å². The zero-order valence-electron chi connectivity index (χ0n) is 13.3. The van der Waals surface area contributed by atoms with Crippen LogP contribution in [-0.2, 0) is 12.8 Å². The van der Waals surface area contributed by atoms with E-state index in [9.17, 15) is 0 Å². The molecule has 0 fully saturated rings. The summed E-state index contributed by atoms with van der Waals surface area (Å²) in [5.74, 6) is 0. The quantitative estimate of drug-likeness (QED) is 0.324. The fraction of sp³-hybridized carbons (Fsp3) is 0.0833. The van der Waals surface area contributed by atoms with Crippen molar-refractivity contribution in [3.8, 4) is 22.3 Å². The van der Waals surface area contributed by atoms with Crippen molar-refractivity contribution in [1.82, 2.24) is 0 Å². The summed E-state index contributed by atoms with van der Waals surface area (Å²) in [5, 5.41) is 2.79. The van der Waals surface area contributed by atoms with E-state index in [1.54, 1.807) is 0 Å². The van der Waals surface area contributed by atoms with Gasteiger partial charge in [-0.2, -0.15) is 0 Å². The lowest BCUT2D eigenvalue weighted by Crippen LogP contribution is -1.99. The maximum absolute atomic E-state index is 2.33. The summed E-state index contributed by atoms with van der Waals surface area (Å²) in [6.45, 7) is 0. The summed E-state index contributed by atoms with van der Waals surface area (Å²) in [5.41, 5.74) is 11.6. The molecule has 0 heterocycles. The van der Waals surface area contributed by atoms with Gasteiger partial charge >= 0.3 is 0 Å². The minimum atomic E-state index is 1.02. The van der Waals surface area contributed by atoms with Crippen molar-refractivity contribution < 1.29 is 0 Å². The second kappa shape index (κ2) is 4.36. The summed E-state index contributed by atoms with van der Waals surface area (Å²) in [7, 11) is 0. The molecule has 0 aromatic heterocycles. The van der Waals surface area contributed by atoms with Crippen molar-refractivity contribution in [3.05, 3.63) is 95.1 Å². The molecule has 0 saturated carbocycles. The first-order valence-corrected chi connectivity index (χ1v) is 8.64. The van der Waals surface area contributed by atoms with Gasteiger partial charge in [0.15, 0.2) is 0 Å². The highest BCUT2D eigenvalue weighted by Gasteiger charge is 2.27. The minimum absolute atomic E-state index is 1.02. The third-order valence-corrected chi connectivity index (χ3v) is 5.69. The summed E-state index contributed by atoms with van der Waals surface area (Å²) in [4.78, 5) is 0. The average molecular weight is 304 g/mol. The lowest BCUT2D eigenvalue weighted by molar-refractivity contribution is 1.18. The maximum Gasteiger partial charge on any atom is -0.00131 e. The molecule has 2 aliphatic carbocycles. The van der Waals surface area contributed by atoms with Crippen molar-refractivity contribution in [2.75, 3.05) is 0 Å². The molecule has 4 aromatic rings. The van der Waals surface area contributed by atoms with Gasteiger partial charge in [0.25, 0.3) is 0 Å². The molecule has 112 valence electrons. The monoisotopic (exact) mass is 304 g/mol. The van der Waals surface area contributed by atoms with Gasteiger partial charge in [0.05, 0.1) is 0 Å². The molecule has 4 aromatic carbocycles. The molecule has 0 nitrogen and oxygen atoms in total. The van der Waals surface area contributed by atoms with Crippen molar-refractivity contribution in [2.24, 2.45) is 0 Å². The third-order valence-electron chi connectivity index (χ3n) is 5.69. The second-order valence-corrected chi connectivity index (χ2v) is 6.97. The number of rotatable bonds is 0. The first kappa shape index (κ1) is 12.5. The Morgan fingerprint density at radius 3 is 2.04 bits per heavy atom. The van der Waals surface area contributed by atoms with Gasteiger partial charge in [-0.25, -0.2) is 0 Å². The highest BCUT2D eigenvalue weighted by Crippen LogP contribution is 2.48. The van der Waals surface area contributed by atoms with Crippen molar-refractivity contribution in [3.63, 3.8) is 0 Å². The Bertz CT molecular complexity index is 1150. The van der Waals surface area contributed by atoms with E-state index in [-0.39, 0.29) is 0 Å². The Balaban J connectivity index is 1.91. The molecule has 24 heavy (non-hydrogen) atoms. The Hall–Kier alpha value is -2.86. The largest absolute Gasteiger partial charge is 0.0619 e. The van der Waals surface area contributed by atoms with E-state index in [1.165, 1.54) is 55.3 Å². The number of hydrogen-bond donors (Lipinski definition) is 0. The average Bonchev–Trinajstić information content (AvgIpc) is 3.00. The van der Waals surface area contributed by atoms with E-state index in [0.717, 1.165) is 12.8 Å². The molecule has 0 atom stereocenters. The van der Waals surface area contributed by atoms with Gasteiger partial charge in [-0.1, -0.05) is 72.8 Å². The summed E-state index contributed by atoms with van der Waals surface area (Å²) >= 11 is 0. The number of benzene rings is 4. The molecule has 0 amide bonds. The number of hydrogen-bond acceptors (Lipinski definition) is 0. The Morgan fingerprint density at radius 1 is 0.458 bits per heavy atom. The Kier molecular flexibility index (Phi) is 2.28. The molecule has 0 spiro atoms. The normalized spacial score (nSPS) is 13.5. The minimum Gasteiger partial charge on any atom is -0.0619 e. The smallest absolute Gasteiger partial charge is 0.00131 e. The molecular formula is C24H16. The van der Waals surface area contributed by atoms with Crippen LogP contribution >= 0.6 is 0 Å². The maximum atomic E-state index is 2.33. The van der Waals surface area contributed by atoms with Gasteiger partial charge in [0.1, 0.15) is 0 Å². The predicted octanol–water partition coefficient (Wildman–Crippen LogP) is 5.98. The molecule has 0 heteroatoms. The van der Waals surface area contributed by atoms with Crippen LogP contribution in [0.2, 0.25) is 0 Å². The molecule has 0 bridgehead atoms. The van der Waals surface area contributed by atoms with Gasteiger partial charge in [0.2, 0.25) is 0 Å². The second-order valence-electron chi connectivity index (χ2n) is 6.97. The van der Waals surface area contributed by atoms with Gasteiger partial charge < -0.3 is 0 Å². The topological polar surface area (TPSA) is 0 Å². The van der Waals surface area contributed by atoms with Crippen LogP contribution in [0.15, 0.2) is 72.8 Å². The van der Waals surface area contributed by atoms with Crippen LogP contribution in [0.4, 0.5) is 0 Å². The molecular weight excluding hydrogens is 288 g/mol. The number of fused-ring (bicyclic) bond motifs is 2. The molecule has 0 saturated heterocycles. The fourth-order valence-corrected chi connectivity index (χ4v) is 4.70. The van der Waals surface area contributed by atoms with Crippen molar-refractivity contribution in [1.29, 1.82) is 0 Å². The predicted molar refractivity (Wildman–Crippen MR) is 100 cm³/mol. The first-order valence-electron chi connectivity index (χ1n) is 8.64. The van der Waals surface area contributed by atoms with Crippen LogP contribution in [0.1, 0.15) is 22.3 Å². The van der Waals surface area contributed by atoms with Crippen molar-refractivity contribution in [2.45, 2.75) is 12.8 Å². The van der Waals surface area contributed by atoms with Gasteiger partial charge in [-0.05, 0) is 68.1 Å². The highest BCUT2D eigenvalue weighted by molar-refractivity contribution is 6.10. The Morgan fingerprint density at radius 2 is 1.12 bits per heavy atom. The van der Waals surface area contributed by atoms with E-state index in [0.29, 0.717) is 0 Å². The lowest BCUT2D eigenvalue weighted by Gasteiger charge is -2.20. The lowest BCUT2D eigenvalue weighted by atomic mass is 9.83. The summed E-state index contributed by atoms with van der Waals surface area (Å²) in [6.07, 6.45) is 2.09. The zero-order chi connectivity index (χ0) is 15.7. The summed E-state index contributed by atoms with van der Waals surface area (Å²) < 4.78 is 0. The van der Waals surface area contributed by atoms with Crippen LogP contribution < -0.4 is 0 Å². The van der Waals surface area contributed by atoms with Crippen LogP contribution in [-0.4, -0.2) is 0 Å². The van der Waals surface area contributed by atoms with E-state index < -0.39 is 0 Å². The van der Waals surface area contributed by atoms with Crippen LogP contribution in [0.3, 0.4) is 0 Å². The zero-order valence-corrected chi connectivity index (χ0v) is 13.3. The molecule has 0 unspecified atom stereocenters. The van der Waals surface area contributed by atoms with Gasteiger partial charge in [-0.15, -0.1) is 0 Å². The standard InChI is InChI=1S/C24H16/c1-2-9-20-16(5-1)13-17-7-3-8-18-14-19-12-11-15-6-4-10-21(20)23(15)24(19)22(17)18/h1-12H,13-14H2. The van der Waals surface area contributed by atoms with E-state index in [4.69, 9.17) is 0 Å². The SMILES string of the molecule is c1ccc2c(c1)Cc1cccc3c1-c1c(ccc4cccc-2c14)C3. The molecule has 0 aliphatic heterocycles. The van der Waals surface area contributed by atoms with E-state index in [2.05, 4.69) is 72.8 Å². The van der Waals surface area contributed by atoms with E-state index in [1.807, 2.05) is 0 Å². The molecule has 0 N–H and O–H groups in total. The first-order chi connectivity index (χ1) is 11.9. The molecule has 0 radical (unpaired) electrons. The third kappa shape index (κ3) is 1.48. The fourth-order valence-electron chi connectivity index (χ4n) is 4.70. The van der Waals surface area contributed by atoms with E-state index >= 15 is 0 Å². The summed E-state index contributed by atoms with van der Waals surface area (Å²) in [6, 6.07) is 27.1. The highest BCUT2D eigenvalue weighted by atomic mass is 14.3. The van der Waals surface area contributed by atoms with Crippen LogP contribution in [0.5, 0.6) is 0 Å². The Labute approximate surface area is 141 Å².